The van der Waals surface area contributed by atoms with E-state index in [2.05, 4.69) is 5.32 Å². The molecule has 2 rings (SSSR count). The zero-order valence-electron chi connectivity index (χ0n) is 12.2. The number of rotatable bonds is 4. The summed E-state index contributed by atoms with van der Waals surface area (Å²) >= 11 is 0. The van der Waals surface area contributed by atoms with Gasteiger partial charge in [0.2, 0.25) is 0 Å². The number of esters is 2. The van der Waals surface area contributed by atoms with Crippen molar-refractivity contribution in [1.29, 1.82) is 0 Å². The number of carbonyl (C=O) groups excluding carboxylic acids is 3. The Kier molecular flexibility index (Phi) is 4.66. The van der Waals surface area contributed by atoms with Crippen molar-refractivity contribution >= 4 is 18.0 Å². The fourth-order valence-corrected chi connectivity index (χ4v) is 2.73. The van der Waals surface area contributed by atoms with Crippen molar-refractivity contribution in [2.24, 2.45) is 11.8 Å². The minimum Gasteiger partial charge on any atom is -0.457 e. The number of methoxy groups -OCH3 is 1. The lowest BCUT2D eigenvalue weighted by Crippen LogP contribution is -2.44. The number of fused-ring (bicyclic) bond motifs is 2. The smallest absolute Gasteiger partial charge is 0.407 e. The Balaban J connectivity index is 2.09. The first-order valence-corrected chi connectivity index (χ1v) is 6.77. The van der Waals surface area contributed by atoms with Crippen LogP contribution in [-0.4, -0.2) is 50.7 Å². The average molecular weight is 301 g/mol. The van der Waals surface area contributed by atoms with Crippen LogP contribution in [0.25, 0.3) is 0 Å². The molecule has 1 amide bonds. The van der Waals surface area contributed by atoms with Crippen molar-refractivity contribution in [2.45, 2.75) is 38.3 Å². The predicted octanol–water partition coefficient (Wildman–Crippen LogP) is 0.198. The maximum atomic E-state index is 12.1. The Morgan fingerprint density at radius 2 is 2.14 bits per heavy atom. The van der Waals surface area contributed by atoms with Crippen LogP contribution in [0.4, 0.5) is 4.79 Å². The van der Waals surface area contributed by atoms with Gasteiger partial charge in [0.05, 0.1) is 12.3 Å². The molecule has 1 saturated heterocycles. The van der Waals surface area contributed by atoms with Crippen molar-refractivity contribution in [1.82, 2.24) is 5.32 Å². The molecular weight excluding hydrogens is 282 g/mol. The van der Waals surface area contributed by atoms with Gasteiger partial charge in [-0.2, -0.15) is 0 Å². The van der Waals surface area contributed by atoms with Crippen molar-refractivity contribution < 1.29 is 33.3 Å². The SMILES string of the molecule is CNC(=O)OC1C2CC(=O)OC1C(C(=O)OC(C)OC)C2. The molecule has 21 heavy (non-hydrogen) atoms. The number of hydrogen-bond donors (Lipinski definition) is 1. The Hall–Kier alpha value is -1.83. The maximum Gasteiger partial charge on any atom is 0.407 e. The maximum absolute atomic E-state index is 12.1. The molecule has 0 spiro atoms. The van der Waals surface area contributed by atoms with E-state index in [1.54, 1.807) is 6.92 Å². The van der Waals surface area contributed by atoms with Crippen LogP contribution in [0.2, 0.25) is 0 Å². The van der Waals surface area contributed by atoms with Crippen LogP contribution >= 0.6 is 0 Å². The summed E-state index contributed by atoms with van der Waals surface area (Å²) in [5.41, 5.74) is 0. The quantitative estimate of drug-likeness (QED) is 0.449. The molecule has 0 aromatic heterocycles. The fourth-order valence-electron chi connectivity index (χ4n) is 2.73. The molecule has 1 aliphatic heterocycles. The molecule has 2 fully saturated rings. The van der Waals surface area contributed by atoms with Crippen LogP contribution in [-0.2, 0) is 28.5 Å². The number of ether oxygens (including phenoxy) is 4. The second-order valence-electron chi connectivity index (χ2n) is 5.12. The summed E-state index contributed by atoms with van der Waals surface area (Å²) in [4.78, 5) is 35.0. The summed E-state index contributed by atoms with van der Waals surface area (Å²) in [5.74, 6) is -1.79. The highest BCUT2D eigenvalue weighted by Gasteiger charge is 2.55. The second kappa shape index (κ2) is 6.30. The minimum absolute atomic E-state index is 0.127. The Morgan fingerprint density at radius 1 is 1.43 bits per heavy atom. The van der Waals surface area contributed by atoms with Gasteiger partial charge in [-0.1, -0.05) is 0 Å². The van der Waals surface area contributed by atoms with E-state index < -0.39 is 42.4 Å². The molecular formula is C13H19NO7. The number of amides is 1. The number of carbonyl (C=O) groups is 3. The van der Waals surface area contributed by atoms with Crippen LogP contribution < -0.4 is 5.32 Å². The van der Waals surface area contributed by atoms with Gasteiger partial charge in [-0.15, -0.1) is 0 Å². The number of hydrogen-bond acceptors (Lipinski definition) is 7. The highest BCUT2D eigenvalue weighted by atomic mass is 16.7. The van der Waals surface area contributed by atoms with Crippen LogP contribution in [0, 0.1) is 11.8 Å². The number of nitrogens with one attached hydrogen (secondary N) is 1. The summed E-state index contributed by atoms with van der Waals surface area (Å²) in [6.07, 6.45) is -2.22. The van der Waals surface area contributed by atoms with Gasteiger partial charge in [0.1, 0.15) is 6.10 Å². The van der Waals surface area contributed by atoms with E-state index in [0.29, 0.717) is 6.42 Å². The number of alkyl carbamates (subject to hydrolysis) is 1. The summed E-state index contributed by atoms with van der Waals surface area (Å²) in [6, 6.07) is 0. The van der Waals surface area contributed by atoms with Gasteiger partial charge in [0, 0.05) is 20.1 Å². The zero-order chi connectivity index (χ0) is 15.6. The third-order valence-electron chi connectivity index (χ3n) is 3.80. The van der Waals surface area contributed by atoms with Gasteiger partial charge in [-0.05, 0) is 13.3 Å². The van der Waals surface area contributed by atoms with Gasteiger partial charge < -0.3 is 24.3 Å². The van der Waals surface area contributed by atoms with Gasteiger partial charge >= 0.3 is 18.0 Å². The van der Waals surface area contributed by atoms with E-state index in [-0.39, 0.29) is 12.3 Å². The fraction of sp³-hybridized carbons (Fsp3) is 0.769. The average Bonchev–Trinajstić information content (AvgIpc) is 2.66. The third-order valence-corrected chi connectivity index (χ3v) is 3.80. The Morgan fingerprint density at radius 3 is 2.76 bits per heavy atom. The molecule has 1 aliphatic carbocycles. The summed E-state index contributed by atoms with van der Waals surface area (Å²) in [5, 5.41) is 2.34. The molecule has 8 heteroatoms. The van der Waals surface area contributed by atoms with Gasteiger partial charge in [-0.25, -0.2) is 4.79 Å². The first-order chi connectivity index (χ1) is 9.96. The molecule has 5 unspecified atom stereocenters. The molecule has 1 heterocycles. The van der Waals surface area contributed by atoms with Gasteiger partial charge in [0.25, 0.3) is 0 Å². The molecule has 1 N–H and O–H groups in total. The molecule has 2 aliphatic rings. The highest BCUT2D eigenvalue weighted by Crippen LogP contribution is 2.42. The van der Waals surface area contributed by atoms with Crippen LogP contribution in [0.15, 0.2) is 0 Å². The predicted molar refractivity (Wildman–Crippen MR) is 68.0 cm³/mol. The third kappa shape index (κ3) is 3.26. The largest absolute Gasteiger partial charge is 0.457 e. The van der Waals surface area contributed by atoms with E-state index in [0.717, 1.165) is 0 Å². The first kappa shape index (κ1) is 15.6. The summed E-state index contributed by atoms with van der Waals surface area (Å²) in [6.45, 7) is 1.59. The molecule has 5 atom stereocenters. The summed E-state index contributed by atoms with van der Waals surface area (Å²) < 4.78 is 20.4. The molecule has 118 valence electrons. The topological polar surface area (TPSA) is 100 Å². The molecule has 2 bridgehead atoms. The lowest BCUT2D eigenvalue weighted by Gasteiger charge is -2.30. The molecule has 0 aromatic carbocycles. The lowest BCUT2D eigenvalue weighted by atomic mass is 9.99. The lowest BCUT2D eigenvalue weighted by molar-refractivity contribution is -0.183. The van der Waals surface area contributed by atoms with Crippen molar-refractivity contribution in [3.63, 3.8) is 0 Å². The van der Waals surface area contributed by atoms with Crippen molar-refractivity contribution in [3.8, 4) is 0 Å². The normalized spacial score (nSPS) is 32.0. The Bertz CT molecular complexity index is 438. The molecule has 0 radical (unpaired) electrons. The van der Waals surface area contributed by atoms with Crippen LogP contribution in [0.1, 0.15) is 19.8 Å². The highest BCUT2D eigenvalue weighted by molar-refractivity contribution is 5.78. The summed E-state index contributed by atoms with van der Waals surface area (Å²) in [7, 11) is 2.85. The Labute approximate surface area is 122 Å². The van der Waals surface area contributed by atoms with Crippen molar-refractivity contribution in [2.75, 3.05) is 14.2 Å². The van der Waals surface area contributed by atoms with E-state index in [4.69, 9.17) is 18.9 Å². The zero-order valence-corrected chi connectivity index (χ0v) is 12.2. The van der Waals surface area contributed by atoms with Gasteiger partial charge in [0.15, 0.2) is 12.4 Å². The standard InChI is InChI=1S/C13H19NO7/c1-6(18-3)19-12(16)8-4-7-5-9(15)20-11(8)10(7)21-13(17)14-2/h6-8,10-11H,4-5H2,1-3H3,(H,14,17). The second-order valence-corrected chi connectivity index (χ2v) is 5.12. The van der Waals surface area contributed by atoms with E-state index in [9.17, 15) is 14.4 Å². The van der Waals surface area contributed by atoms with E-state index in [1.807, 2.05) is 0 Å². The van der Waals surface area contributed by atoms with Crippen LogP contribution in [0.3, 0.4) is 0 Å². The van der Waals surface area contributed by atoms with Gasteiger partial charge in [-0.3, -0.25) is 9.59 Å². The first-order valence-electron chi connectivity index (χ1n) is 6.77. The van der Waals surface area contributed by atoms with Crippen molar-refractivity contribution in [3.05, 3.63) is 0 Å². The molecule has 1 saturated carbocycles. The monoisotopic (exact) mass is 301 g/mol. The minimum atomic E-state index is -0.801. The van der Waals surface area contributed by atoms with Crippen LogP contribution in [0.5, 0.6) is 0 Å². The van der Waals surface area contributed by atoms with E-state index >= 15 is 0 Å². The molecule has 8 nitrogen and oxygen atoms in total. The van der Waals surface area contributed by atoms with E-state index in [1.165, 1.54) is 14.2 Å². The molecule has 0 aromatic rings.